The summed E-state index contributed by atoms with van der Waals surface area (Å²) in [6.07, 6.45) is 1.56. The van der Waals surface area contributed by atoms with Crippen molar-refractivity contribution in [1.82, 2.24) is 9.62 Å². The van der Waals surface area contributed by atoms with E-state index < -0.39 is 10.0 Å². The summed E-state index contributed by atoms with van der Waals surface area (Å²) in [5.74, 6) is 0.537. The number of halogens is 1. The third-order valence-corrected chi connectivity index (χ3v) is 5.12. The van der Waals surface area contributed by atoms with Crippen LogP contribution in [0.3, 0.4) is 0 Å². The Hall–Kier alpha value is -0.620. The molecule has 1 N–H and O–H groups in total. The second-order valence-corrected chi connectivity index (χ2v) is 7.01. The standard InChI is InChI=1S/C15H25ClN2O2S/c1-3-18(4-2)13-5-12-17-21(19,20)15-8-6-14(7-9-15)10-11-16/h6-9,17H,3-5,10-13H2,1-2H3. The highest BCUT2D eigenvalue weighted by molar-refractivity contribution is 7.89. The Balaban J connectivity index is 2.49. The highest BCUT2D eigenvalue weighted by atomic mass is 35.5. The predicted octanol–water partition coefficient (Wildman–Crippen LogP) is 2.48. The molecule has 0 aliphatic rings. The van der Waals surface area contributed by atoms with Crippen LogP contribution in [0.25, 0.3) is 0 Å². The van der Waals surface area contributed by atoms with Crippen molar-refractivity contribution in [2.45, 2.75) is 31.6 Å². The quantitative estimate of drug-likeness (QED) is 0.529. The van der Waals surface area contributed by atoms with Crippen molar-refractivity contribution in [3.8, 4) is 0 Å². The molecule has 0 bridgehead atoms. The average Bonchev–Trinajstić information content (AvgIpc) is 2.48. The topological polar surface area (TPSA) is 49.4 Å². The summed E-state index contributed by atoms with van der Waals surface area (Å²) in [7, 11) is -3.40. The third kappa shape index (κ3) is 6.34. The fraction of sp³-hybridized carbons (Fsp3) is 0.600. The lowest BCUT2D eigenvalue weighted by atomic mass is 10.2. The van der Waals surface area contributed by atoms with Crippen LogP contribution in [-0.2, 0) is 16.4 Å². The molecule has 0 fully saturated rings. The number of nitrogens with one attached hydrogen (secondary N) is 1. The lowest BCUT2D eigenvalue weighted by molar-refractivity contribution is 0.300. The minimum Gasteiger partial charge on any atom is -0.304 e. The van der Waals surface area contributed by atoms with Gasteiger partial charge in [0, 0.05) is 12.4 Å². The molecule has 6 heteroatoms. The van der Waals surface area contributed by atoms with Crippen LogP contribution in [0.1, 0.15) is 25.8 Å². The molecule has 0 heterocycles. The van der Waals surface area contributed by atoms with E-state index in [1.54, 1.807) is 12.1 Å². The molecule has 1 rings (SSSR count). The molecule has 0 saturated heterocycles. The summed E-state index contributed by atoms with van der Waals surface area (Å²) >= 11 is 5.67. The monoisotopic (exact) mass is 332 g/mol. The first-order valence-electron chi connectivity index (χ1n) is 7.40. The SMILES string of the molecule is CCN(CC)CCCNS(=O)(=O)c1ccc(CCCl)cc1. The molecule has 0 aromatic heterocycles. The summed E-state index contributed by atoms with van der Waals surface area (Å²) in [5.41, 5.74) is 1.05. The van der Waals surface area contributed by atoms with Crippen molar-refractivity contribution in [2.75, 3.05) is 32.1 Å². The Bertz CT molecular complexity index is 499. The van der Waals surface area contributed by atoms with E-state index in [1.165, 1.54) is 0 Å². The third-order valence-electron chi connectivity index (χ3n) is 3.45. The van der Waals surface area contributed by atoms with Crippen molar-refractivity contribution in [3.63, 3.8) is 0 Å². The molecule has 1 aromatic rings. The largest absolute Gasteiger partial charge is 0.304 e. The number of hydrogen-bond donors (Lipinski definition) is 1. The highest BCUT2D eigenvalue weighted by Crippen LogP contribution is 2.11. The van der Waals surface area contributed by atoms with E-state index in [1.807, 2.05) is 12.1 Å². The van der Waals surface area contributed by atoms with Gasteiger partial charge in [0.2, 0.25) is 10.0 Å². The summed E-state index contributed by atoms with van der Waals surface area (Å²) in [6.45, 7) is 7.56. The van der Waals surface area contributed by atoms with Gasteiger partial charge in [-0.3, -0.25) is 0 Å². The smallest absolute Gasteiger partial charge is 0.240 e. The molecule has 0 atom stereocenters. The van der Waals surface area contributed by atoms with Gasteiger partial charge >= 0.3 is 0 Å². The molecular formula is C15H25ClN2O2S. The van der Waals surface area contributed by atoms with Crippen LogP contribution in [0.2, 0.25) is 0 Å². The van der Waals surface area contributed by atoms with Crippen LogP contribution < -0.4 is 4.72 Å². The fourth-order valence-electron chi connectivity index (χ4n) is 2.08. The van der Waals surface area contributed by atoms with E-state index in [2.05, 4.69) is 23.5 Å². The lowest BCUT2D eigenvalue weighted by Gasteiger charge is -2.17. The number of nitrogens with zero attached hydrogens (tertiary/aromatic N) is 1. The van der Waals surface area contributed by atoms with Crippen LogP contribution in [0.15, 0.2) is 29.2 Å². The maximum atomic E-state index is 12.1. The van der Waals surface area contributed by atoms with Gasteiger partial charge < -0.3 is 4.90 Å². The van der Waals surface area contributed by atoms with Crippen molar-refractivity contribution >= 4 is 21.6 Å². The van der Waals surface area contributed by atoms with Crippen molar-refractivity contribution in [1.29, 1.82) is 0 Å². The number of sulfonamides is 1. The first-order valence-corrected chi connectivity index (χ1v) is 9.42. The number of aryl methyl sites for hydroxylation is 1. The Morgan fingerprint density at radius 3 is 2.29 bits per heavy atom. The molecule has 0 saturated carbocycles. The zero-order chi connectivity index (χ0) is 15.7. The van der Waals surface area contributed by atoms with E-state index in [0.717, 1.165) is 38.0 Å². The van der Waals surface area contributed by atoms with Gasteiger partial charge in [-0.15, -0.1) is 11.6 Å². The summed E-state index contributed by atoms with van der Waals surface area (Å²) in [5, 5.41) is 0. The molecule has 1 aromatic carbocycles. The average molecular weight is 333 g/mol. The molecule has 120 valence electrons. The second kappa shape index (κ2) is 9.41. The van der Waals surface area contributed by atoms with Crippen molar-refractivity contribution in [2.24, 2.45) is 0 Å². The van der Waals surface area contributed by atoms with Crippen LogP contribution in [0, 0.1) is 0 Å². The Morgan fingerprint density at radius 2 is 1.76 bits per heavy atom. The molecule has 0 spiro atoms. The number of hydrogen-bond acceptors (Lipinski definition) is 3. The van der Waals surface area contributed by atoms with Crippen LogP contribution >= 0.6 is 11.6 Å². The number of alkyl halides is 1. The van der Waals surface area contributed by atoms with Gasteiger partial charge in [0.1, 0.15) is 0 Å². The van der Waals surface area contributed by atoms with Gasteiger partial charge in [-0.1, -0.05) is 26.0 Å². The van der Waals surface area contributed by atoms with Gasteiger partial charge in [-0.2, -0.15) is 0 Å². The van der Waals surface area contributed by atoms with E-state index in [0.29, 0.717) is 17.3 Å². The molecular weight excluding hydrogens is 308 g/mol. The summed E-state index contributed by atoms with van der Waals surface area (Å²) in [4.78, 5) is 2.58. The van der Waals surface area contributed by atoms with Crippen LogP contribution in [0.5, 0.6) is 0 Å². The molecule has 0 amide bonds. The zero-order valence-corrected chi connectivity index (χ0v) is 14.4. The van der Waals surface area contributed by atoms with Crippen molar-refractivity contribution < 1.29 is 8.42 Å². The second-order valence-electron chi connectivity index (χ2n) is 4.86. The fourth-order valence-corrected chi connectivity index (χ4v) is 3.37. The number of rotatable bonds is 10. The van der Waals surface area contributed by atoms with E-state index in [4.69, 9.17) is 11.6 Å². The van der Waals surface area contributed by atoms with Gasteiger partial charge in [0.25, 0.3) is 0 Å². The van der Waals surface area contributed by atoms with E-state index in [9.17, 15) is 8.42 Å². The van der Waals surface area contributed by atoms with Crippen molar-refractivity contribution in [3.05, 3.63) is 29.8 Å². The van der Waals surface area contributed by atoms with E-state index in [-0.39, 0.29) is 0 Å². The van der Waals surface area contributed by atoms with Gasteiger partial charge in [0.15, 0.2) is 0 Å². The zero-order valence-electron chi connectivity index (χ0n) is 12.8. The minimum absolute atomic E-state index is 0.309. The lowest BCUT2D eigenvalue weighted by Crippen LogP contribution is -2.30. The first-order chi connectivity index (χ1) is 10.0. The summed E-state index contributed by atoms with van der Waals surface area (Å²) < 4.78 is 26.9. The molecule has 0 aliphatic heterocycles. The molecule has 0 aliphatic carbocycles. The van der Waals surface area contributed by atoms with Gasteiger partial charge in [-0.25, -0.2) is 13.1 Å². The predicted molar refractivity (Wildman–Crippen MR) is 88.5 cm³/mol. The summed E-state index contributed by atoms with van der Waals surface area (Å²) in [6, 6.07) is 6.89. The van der Waals surface area contributed by atoms with Crippen LogP contribution in [0.4, 0.5) is 0 Å². The van der Waals surface area contributed by atoms with E-state index >= 15 is 0 Å². The first kappa shape index (κ1) is 18.4. The molecule has 4 nitrogen and oxygen atoms in total. The Kier molecular flexibility index (Phi) is 8.26. The minimum atomic E-state index is -3.40. The molecule has 0 unspecified atom stereocenters. The highest BCUT2D eigenvalue weighted by Gasteiger charge is 2.13. The Morgan fingerprint density at radius 1 is 1.14 bits per heavy atom. The van der Waals surface area contributed by atoms with Crippen LogP contribution in [-0.4, -0.2) is 45.4 Å². The maximum Gasteiger partial charge on any atom is 0.240 e. The van der Waals surface area contributed by atoms with Gasteiger partial charge in [-0.05, 0) is 50.2 Å². The normalized spacial score (nSPS) is 12.0. The Labute approximate surface area is 133 Å². The van der Waals surface area contributed by atoms with Gasteiger partial charge in [0.05, 0.1) is 4.90 Å². The maximum absolute atomic E-state index is 12.1. The number of benzene rings is 1. The molecule has 0 radical (unpaired) electrons. The molecule has 21 heavy (non-hydrogen) atoms.